The van der Waals surface area contributed by atoms with E-state index in [9.17, 15) is 0 Å². The highest BCUT2D eigenvalue weighted by Crippen LogP contribution is 2.26. The highest BCUT2D eigenvalue weighted by Gasteiger charge is 2.03. The molecule has 1 N–H and O–H groups in total. The standard InChI is InChI=1S/C12H14BrNOS/c1-8-3-4-10(15-8)6-14-7-11-5-12(13)9(2)16-11/h3-5,14H,6-7H2,1-2H3. The Morgan fingerprint density at radius 1 is 1.31 bits per heavy atom. The molecule has 0 aliphatic carbocycles. The molecule has 0 saturated carbocycles. The Labute approximate surface area is 108 Å². The first kappa shape index (κ1) is 11.9. The van der Waals surface area contributed by atoms with Crippen molar-refractivity contribution in [2.24, 2.45) is 0 Å². The highest BCUT2D eigenvalue weighted by molar-refractivity contribution is 9.10. The van der Waals surface area contributed by atoms with Crippen molar-refractivity contribution in [2.75, 3.05) is 0 Å². The summed E-state index contributed by atoms with van der Waals surface area (Å²) in [5.41, 5.74) is 0. The minimum absolute atomic E-state index is 0.780. The predicted molar refractivity (Wildman–Crippen MR) is 70.7 cm³/mol. The number of aryl methyl sites for hydroxylation is 2. The molecule has 0 aromatic carbocycles. The van der Waals surface area contributed by atoms with E-state index in [-0.39, 0.29) is 0 Å². The number of thiophene rings is 1. The normalized spacial score (nSPS) is 10.9. The molecular weight excluding hydrogens is 286 g/mol. The smallest absolute Gasteiger partial charge is 0.117 e. The fourth-order valence-electron chi connectivity index (χ4n) is 1.49. The molecule has 4 heteroatoms. The topological polar surface area (TPSA) is 25.2 Å². The summed E-state index contributed by atoms with van der Waals surface area (Å²) in [5, 5.41) is 3.37. The molecule has 0 aliphatic heterocycles. The Morgan fingerprint density at radius 2 is 2.12 bits per heavy atom. The maximum Gasteiger partial charge on any atom is 0.117 e. The maximum atomic E-state index is 5.48. The molecule has 0 amide bonds. The second kappa shape index (κ2) is 5.17. The van der Waals surface area contributed by atoms with Gasteiger partial charge in [0.05, 0.1) is 6.54 Å². The van der Waals surface area contributed by atoms with Crippen LogP contribution in [-0.2, 0) is 13.1 Å². The predicted octanol–water partition coefficient (Wildman–Crippen LogP) is 4.01. The summed E-state index contributed by atoms with van der Waals surface area (Å²) in [5.74, 6) is 1.95. The molecule has 0 radical (unpaired) electrons. The lowest BCUT2D eigenvalue weighted by Crippen LogP contribution is -2.10. The van der Waals surface area contributed by atoms with E-state index in [0.29, 0.717) is 0 Å². The van der Waals surface area contributed by atoms with Crippen molar-refractivity contribution in [3.63, 3.8) is 0 Å². The Kier molecular flexibility index (Phi) is 3.84. The van der Waals surface area contributed by atoms with Gasteiger partial charge in [-0.1, -0.05) is 0 Å². The van der Waals surface area contributed by atoms with E-state index >= 15 is 0 Å². The minimum atomic E-state index is 0.780. The Bertz CT molecular complexity index is 456. The second-order valence-electron chi connectivity index (χ2n) is 3.73. The molecule has 0 saturated heterocycles. The summed E-state index contributed by atoms with van der Waals surface area (Å²) in [4.78, 5) is 2.67. The fourth-order valence-corrected chi connectivity index (χ4v) is 3.07. The van der Waals surface area contributed by atoms with Crippen LogP contribution in [0.5, 0.6) is 0 Å². The average molecular weight is 300 g/mol. The molecule has 0 aliphatic rings. The van der Waals surface area contributed by atoms with Gasteiger partial charge in [0, 0.05) is 20.8 Å². The largest absolute Gasteiger partial charge is 0.465 e. The average Bonchev–Trinajstić information content (AvgIpc) is 2.75. The van der Waals surface area contributed by atoms with Gasteiger partial charge in [-0.15, -0.1) is 11.3 Å². The van der Waals surface area contributed by atoms with Crippen molar-refractivity contribution in [3.8, 4) is 0 Å². The molecule has 2 aromatic rings. The number of halogens is 1. The maximum absolute atomic E-state index is 5.48. The van der Waals surface area contributed by atoms with Crippen LogP contribution < -0.4 is 5.32 Å². The van der Waals surface area contributed by atoms with Crippen molar-refractivity contribution < 1.29 is 4.42 Å². The Morgan fingerprint density at radius 3 is 2.69 bits per heavy atom. The molecule has 2 aromatic heterocycles. The summed E-state index contributed by atoms with van der Waals surface area (Å²) >= 11 is 5.34. The van der Waals surface area contributed by atoms with Crippen LogP contribution >= 0.6 is 27.3 Å². The van der Waals surface area contributed by atoms with E-state index < -0.39 is 0 Å². The first-order chi connectivity index (χ1) is 7.65. The van der Waals surface area contributed by atoms with E-state index in [2.05, 4.69) is 34.2 Å². The van der Waals surface area contributed by atoms with E-state index in [1.165, 1.54) is 14.2 Å². The van der Waals surface area contributed by atoms with Gasteiger partial charge in [-0.25, -0.2) is 0 Å². The van der Waals surface area contributed by atoms with Crippen LogP contribution in [0.15, 0.2) is 27.1 Å². The third-order valence-corrected chi connectivity index (χ3v) is 4.44. The van der Waals surface area contributed by atoms with E-state index in [0.717, 1.165) is 24.6 Å². The first-order valence-electron chi connectivity index (χ1n) is 5.16. The van der Waals surface area contributed by atoms with Gasteiger partial charge in [0.2, 0.25) is 0 Å². The van der Waals surface area contributed by atoms with Gasteiger partial charge >= 0.3 is 0 Å². The number of furan rings is 1. The summed E-state index contributed by atoms with van der Waals surface area (Å²) < 4.78 is 6.68. The van der Waals surface area contributed by atoms with Gasteiger partial charge in [0.1, 0.15) is 11.5 Å². The molecular formula is C12H14BrNOS. The van der Waals surface area contributed by atoms with Gasteiger partial charge in [0.15, 0.2) is 0 Å². The summed E-state index contributed by atoms with van der Waals surface area (Å²) in [6, 6.07) is 6.17. The molecule has 0 spiro atoms. The lowest BCUT2D eigenvalue weighted by Gasteiger charge is -1.99. The Hall–Kier alpha value is -0.580. The SMILES string of the molecule is Cc1ccc(CNCc2cc(Br)c(C)s2)o1. The van der Waals surface area contributed by atoms with Crippen LogP contribution in [0, 0.1) is 13.8 Å². The number of hydrogen-bond acceptors (Lipinski definition) is 3. The van der Waals surface area contributed by atoms with Gasteiger partial charge in [0.25, 0.3) is 0 Å². The van der Waals surface area contributed by atoms with Crippen LogP contribution in [0.1, 0.15) is 21.3 Å². The zero-order valence-corrected chi connectivity index (χ0v) is 11.7. The van der Waals surface area contributed by atoms with Crippen LogP contribution in [0.25, 0.3) is 0 Å². The zero-order chi connectivity index (χ0) is 11.5. The van der Waals surface area contributed by atoms with Crippen molar-refractivity contribution in [2.45, 2.75) is 26.9 Å². The molecule has 16 heavy (non-hydrogen) atoms. The van der Waals surface area contributed by atoms with Crippen molar-refractivity contribution in [3.05, 3.63) is 43.9 Å². The fraction of sp³-hybridized carbons (Fsp3) is 0.333. The van der Waals surface area contributed by atoms with E-state index in [1.807, 2.05) is 30.4 Å². The number of hydrogen-bond donors (Lipinski definition) is 1. The van der Waals surface area contributed by atoms with Gasteiger partial charge in [-0.05, 0) is 48.0 Å². The Balaban J connectivity index is 1.84. The summed E-state index contributed by atoms with van der Waals surface area (Å²) in [6.45, 7) is 5.75. The highest BCUT2D eigenvalue weighted by atomic mass is 79.9. The van der Waals surface area contributed by atoms with Crippen LogP contribution in [0.2, 0.25) is 0 Å². The third-order valence-electron chi connectivity index (χ3n) is 2.30. The molecule has 2 nitrogen and oxygen atoms in total. The number of nitrogens with one attached hydrogen (secondary N) is 1. The molecule has 0 unspecified atom stereocenters. The van der Waals surface area contributed by atoms with Crippen LogP contribution in [0.4, 0.5) is 0 Å². The van der Waals surface area contributed by atoms with Crippen LogP contribution in [0.3, 0.4) is 0 Å². The molecule has 0 atom stereocenters. The van der Waals surface area contributed by atoms with E-state index in [4.69, 9.17) is 4.42 Å². The second-order valence-corrected chi connectivity index (χ2v) is 5.93. The molecule has 0 bridgehead atoms. The van der Waals surface area contributed by atoms with Gasteiger partial charge in [-0.3, -0.25) is 0 Å². The molecule has 86 valence electrons. The summed E-state index contributed by atoms with van der Waals surface area (Å²) in [6.07, 6.45) is 0. The van der Waals surface area contributed by atoms with Gasteiger partial charge < -0.3 is 9.73 Å². The quantitative estimate of drug-likeness (QED) is 0.923. The monoisotopic (exact) mass is 299 g/mol. The van der Waals surface area contributed by atoms with Crippen molar-refractivity contribution in [1.29, 1.82) is 0 Å². The molecule has 2 heterocycles. The molecule has 2 rings (SSSR count). The number of rotatable bonds is 4. The van der Waals surface area contributed by atoms with E-state index in [1.54, 1.807) is 0 Å². The van der Waals surface area contributed by atoms with Crippen molar-refractivity contribution >= 4 is 27.3 Å². The third kappa shape index (κ3) is 2.97. The first-order valence-corrected chi connectivity index (χ1v) is 6.77. The van der Waals surface area contributed by atoms with Crippen molar-refractivity contribution in [1.82, 2.24) is 5.32 Å². The summed E-state index contributed by atoms with van der Waals surface area (Å²) in [7, 11) is 0. The molecule has 0 fully saturated rings. The lowest BCUT2D eigenvalue weighted by atomic mass is 10.4. The van der Waals surface area contributed by atoms with Crippen LogP contribution in [-0.4, -0.2) is 0 Å². The zero-order valence-electron chi connectivity index (χ0n) is 9.34. The lowest BCUT2D eigenvalue weighted by molar-refractivity contribution is 0.462. The van der Waals surface area contributed by atoms with Gasteiger partial charge in [-0.2, -0.15) is 0 Å². The minimum Gasteiger partial charge on any atom is -0.465 e.